The Kier molecular flexibility index (Phi) is 7.59. The molecule has 0 spiro atoms. The van der Waals surface area contributed by atoms with Crippen LogP contribution in [-0.4, -0.2) is 45.2 Å². The van der Waals surface area contributed by atoms with Crippen molar-refractivity contribution in [3.8, 4) is 11.3 Å². The zero-order chi connectivity index (χ0) is 21.3. The van der Waals surface area contributed by atoms with Gasteiger partial charge in [-0.3, -0.25) is 5.32 Å². The van der Waals surface area contributed by atoms with Gasteiger partial charge < -0.3 is 19.5 Å². The van der Waals surface area contributed by atoms with Gasteiger partial charge in [-0.1, -0.05) is 42.5 Å². The second-order valence-corrected chi connectivity index (χ2v) is 7.13. The minimum absolute atomic E-state index is 0.0204. The molecule has 3 N–H and O–H groups in total. The van der Waals surface area contributed by atoms with E-state index in [9.17, 15) is 9.90 Å². The monoisotopic (exact) mass is 409 g/mol. The summed E-state index contributed by atoms with van der Waals surface area (Å²) in [5.41, 5.74) is 4.43. The predicted molar refractivity (Wildman–Crippen MR) is 115 cm³/mol. The molecule has 0 aliphatic rings. The minimum Gasteiger partial charge on any atom is -0.449 e. The number of amides is 1. The van der Waals surface area contributed by atoms with Gasteiger partial charge >= 0.3 is 6.09 Å². The van der Waals surface area contributed by atoms with Crippen LogP contribution in [-0.2, 0) is 17.7 Å². The summed E-state index contributed by atoms with van der Waals surface area (Å²) in [6.07, 6.45) is 1.63. The first kappa shape index (κ1) is 21.5. The van der Waals surface area contributed by atoms with E-state index in [2.05, 4.69) is 10.3 Å². The van der Waals surface area contributed by atoms with Gasteiger partial charge in [0.2, 0.25) is 0 Å². The first-order chi connectivity index (χ1) is 14.6. The van der Waals surface area contributed by atoms with E-state index >= 15 is 0 Å². The van der Waals surface area contributed by atoms with E-state index in [1.165, 1.54) is 0 Å². The highest BCUT2D eigenvalue weighted by Crippen LogP contribution is 2.24. The van der Waals surface area contributed by atoms with Crippen molar-refractivity contribution >= 4 is 11.8 Å². The average molecular weight is 409 g/mol. The number of ether oxygens (including phenoxy) is 1. The Labute approximate surface area is 176 Å². The lowest BCUT2D eigenvalue weighted by Crippen LogP contribution is -2.15. The van der Waals surface area contributed by atoms with Gasteiger partial charge in [0, 0.05) is 42.9 Å². The molecule has 1 atom stereocenters. The van der Waals surface area contributed by atoms with Crippen LogP contribution in [0, 0.1) is 0 Å². The third-order valence-electron chi connectivity index (χ3n) is 4.54. The fraction of sp³-hybridized carbons (Fsp3) is 0.304. The summed E-state index contributed by atoms with van der Waals surface area (Å²) in [4.78, 5) is 16.4. The van der Waals surface area contributed by atoms with Crippen molar-refractivity contribution in [1.29, 1.82) is 0 Å². The maximum atomic E-state index is 11.8. The number of imidazole rings is 1. The molecule has 0 bridgehead atoms. The Morgan fingerprint density at radius 2 is 2.00 bits per heavy atom. The normalized spacial score (nSPS) is 11.8. The summed E-state index contributed by atoms with van der Waals surface area (Å²) in [6, 6.07) is 17.4. The maximum absolute atomic E-state index is 11.8. The second kappa shape index (κ2) is 10.6. The van der Waals surface area contributed by atoms with E-state index in [-0.39, 0.29) is 13.2 Å². The molecule has 0 aliphatic heterocycles. The molecule has 2 aromatic carbocycles. The number of carbonyl (C=O) groups is 1. The Morgan fingerprint density at radius 3 is 2.73 bits per heavy atom. The van der Waals surface area contributed by atoms with Crippen molar-refractivity contribution in [3.63, 3.8) is 0 Å². The Hall–Kier alpha value is -3.16. The fourth-order valence-corrected chi connectivity index (χ4v) is 3.20. The number of nitrogens with one attached hydrogen (secondary N) is 1. The molecule has 7 nitrogen and oxygen atoms in total. The molecule has 30 heavy (non-hydrogen) atoms. The molecular formula is C23H27N3O4. The van der Waals surface area contributed by atoms with Gasteiger partial charge in [0.05, 0.1) is 24.7 Å². The smallest absolute Gasteiger partial charge is 0.411 e. The van der Waals surface area contributed by atoms with Crippen LogP contribution in [0.2, 0.25) is 0 Å². The highest BCUT2D eigenvalue weighted by Gasteiger charge is 2.15. The number of aliphatic hydroxyl groups is 2. The van der Waals surface area contributed by atoms with Gasteiger partial charge in [-0.25, -0.2) is 9.78 Å². The lowest BCUT2D eigenvalue weighted by molar-refractivity contribution is 0.149. The fourth-order valence-electron chi connectivity index (χ4n) is 3.20. The van der Waals surface area contributed by atoms with Gasteiger partial charge in [-0.2, -0.15) is 0 Å². The quantitative estimate of drug-likeness (QED) is 0.471. The summed E-state index contributed by atoms with van der Waals surface area (Å²) in [5.74, 6) is 0. The van der Waals surface area contributed by atoms with Crippen LogP contribution in [0.25, 0.3) is 11.3 Å². The summed E-state index contributed by atoms with van der Waals surface area (Å²) < 4.78 is 7.03. The van der Waals surface area contributed by atoms with Crippen molar-refractivity contribution in [3.05, 3.63) is 72.2 Å². The van der Waals surface area contributed by atoms with Crippen molar-refractivity contribution in [2.24, 2.45) is 0 Å². The van der Waals surface area contributed by atoms with Crippen LogP contribution in [0.15, 0.2) is 60.9 Å². The SMILES string of the molecule is CC(O)Cc1c(-c2ccccc2)ncn1Cc1cccc(NC(=O)OCCCO)c1. The third kappa shape index (κ3) is 5.92. The number of benzene rings is 2. The molecule has 1 heterocycles. The maximum Gasteiger partial charge on any atom is 0.411 e. The number of hydrogen-bond acceptors (Lipinski definition) is 5. The molecule has 0 aliphatic carbocycles. The number of aliphatic hydroxyl groups excluding tert-OH is 2. The summed E-state index contributed by atoms with van der Waals surface area (Å²) >= 11 is 0. The molecule has 158 valence electrons. The Balaban J connectivity index is 1.77. The number of rotatable bonds is 9. The average Bonchev–Trinajstić information content (AvgIpc) is 3.10. The minimum atomic E-state index is -0.551. The van der Waals surface area contributed by atoms with Crippen LogP contribution < -0.4 is 5.32 Å². The summed E-state index contributed by atoms with van der Waals surface area (Å²) in [7, 11) is 0. The largest absolute Gasteiger partial charge is 0.449 e. The molecule has 0 radical (unpaired) electrons. The van der Waals surface area contributed by atoms with Crippen LogP contribution in [0.1, 0.15) is 24.6 Å². The van der Waals surface area contributed by atoms with Crippen molar-refractivity contribution < 1.29 is 19.7 Å². The molecule has 0 saturated heterocycles. The number of aromatic nitrogens is 2. The van der Waals surface area contributed by atoms with E-state index in [1.54, 1.807) is 19.3 Å². The number of nitrogens with zero attached hydrogens (tertiary/aromatic N) is 2. The molecular weight excluding hydrogens is 382 g/mol. The molecule has 1 unspecified atom stereocenters. The zero-order valence-corrected chi connectivity index (χ0v) is 17.0. The third-order valence-corrected chi connectivity index (χ3v) is 4.54. The first-order valence-corrected chi connectivity index (χ1v) is 9.98. The molecule has 0 saturated carbocycles. The molecule has 0 fully saturated rings. The molecule has 3 rings (SSSR count). The molecule has 7 heteroatoms. The van der Waals surface area contributed by atoms with Gasteiger partial charge in [0.25, 0.3) is 0 Å². The zero-order valence-electron chi connectivity index (χ0n) is 17.0. The number of hydrogen-bond donors (Lipinski definition) is 3. The van der Waals surface area contributed by atoms with E-state index in [1.807, 2.05) is 53.1 Å². The molecule has 1 amide bonds. The Morgan fingerprint density at radius 1 is 1.20 bits per heavy atom. The standard InChI is InChI=1S/C23H27N3O4/c1-17(28)13-21-22(19-8-3-2-4-9-19)24-16-26(21)15-18-7-5-10-20(14-18)25-23(29)30-12-6-11-27/h2-5,7-10,14,16-17,27-28H,6,11-13,15H2,1H3,(H,25,29). The van der Waals surface area contributed by atoms with Crippen LogP contribution in [0.5, 0.6) is 0 Å². The summed E-state index contributed by atoms with van der Waals surface area (Å²) in [6.45, 7) is 2.46. The van der Waals surface area contributed by atoms with Gasteiger partial charge in [-0.05, 0) is 24.6 Å². The Bertz CT molecular complexity index is 954. The number of carbonyl (C=O) groups excluding carboxylic acids is 1. The van der Waals surface area contributed by atoms with Crippen LogP contribution in [0.4, 0.5) is 10.5 Å². The first-order valence-electron chi connectivity index (χ1n) is 9.98. The molecule has 3 aromatic rings. The second-order valence-electron chi connectivity index (χ2n) is 7.13. The van der Waals surface area contributed by atoms with E-state index in [0.29, 0.717) is 25.1 Å². The van der Waals surface area contributed by atoms with Gasteiger partial charge in [0.15, 0.2) is 0 Å². The van der Waals surface area contributed by atoms with Crippen molar-refractivity contribution in [2.75, 3.05) is 18.5 Å². The van der Waals surface area contributed by atoms with E-state index in [4.69, 9.17) is 9.84 Å². The van der Waals surface area contributed by atoms with Crippen LogP contribution >= 0.6 is 0 Å². The van der Waals surface area contributed by atoms with E-state index < -0.39 is 12.2 Å². The van der Waals surface area contributed by atoms with Gasteiger partial charge in [-0.15, -0.1) is 0 Å². The molecule has 1 aromatic heterocycles. The topological polar surface area (TPSA) is 96.6 Å². The highest BCUT2D eigenvalue weighted by atomic mass is 16.5. The number of anilines is 1. The van der Waals surface area contributed by atoms with E-state index in [0.717, 1.165) is 22.5 Å². The van der Waals surface area contributed by atoms with Crippen molar-refractivity contribution in [1.82, 2.24) is 9.55 Å². The van der Waals surface area contributed by atoms with Crippen molar-refractivity contribution in [2.45, 2.75) is 32.4 Å². The van der Waals surface area contributed by atoms with Gasteiger partial charge in [0.1, 0.15) is 0 Å². The lowest BCUT2D eigenvalue weighted by atomic mass is 10.1. The highest BCUT2D eigenvalue weighted by molar-refractivity contribution is 5.84. The van der Waals surface area contributed by atoms with Crippen LogP contribution in [0.3, 0.4) is 0 Å². The summed E-state index contributed by atoms with van der Waals surface area (Å²) in [5, 5.41) is 21.5. The predicted octanol–water partition coefficient (Wildman–Crippen LogP) is 3.45. The lowest BCUT2D eigenvalue weighted by Gasteiger charge is -2.13.